The lowest BCUT2D eigenvalue weighted by Crippen LogP contribution is -2.17. The SMILES string of the molecule is Cc1ccc(C2=CC3c4cc(-c5ccc(C)cc5)cc(-c5ccc6[nH]c7ccc(-c8cc(-c9ccc(C)cc9)cc9c8oc8ccc(-c%10ccc(C)cc%10)cc89)cc7c6c5)c4OC3C=C2)cc1. The van der Waals surface area contributed by atoms with Crippen LogP contribution in [0.15, 0.2) is 199 Å². The number of aromatic amines is 1. The fourth-order valence-corrected chi connectivity index (χ4v) is 10.4. The Labute approximate surface area is 390 Å². The predicted octanol–water partition coefficient (Wildman–Crippen LogP) is 17.3. The van der Waals surface area contributed by atoms with E-state index >= 15 is 0 Å². The molecule has 2 unspecified atom stereocenters. The zero-order valence-corrected chi connectivity index (χ0v) is 37.9. The minimum Gasteiger partial charge on any atom is -0.484 e. The second kappa shape index (κ2) is 15.2. The molecule has 1 aliphatic heterocycles. The summed E-state index contributed by atoms with van der Waals surface area (Å²) in [4.78, 5) is 3.75. The van der Waals surface area contributed by atoms with E-state index in [0.29, 0.717) is 0 Å². The average molecular weight is 862 g/mol. The quantitative estimate of drug-likeness (QED) is 0.181. The van der Waals surface area contributed by atoms with Crippen LogP contribution in [0.4, 0.5) is 0 Å². The molecule has 67 heavy (non-hydrogen) atoms. The van der Waals surface area contributed by atoms with Crippen LogP contribution in [0, 0.1) is 27.7 Å². The van der Waals surface area contributed by atoms with Crippen molar-refractivity contribution in [3.63, 3.8) is 0 Å². The zero-order chi connectivity index (χ0) is 44.9. The van der Waals surface area contributed by atoms with Crippen LogP contribution in [0.25, 0.3) is 105 Å². The van der Waals surface area contributed by atoms with E-state index in [1.807, 2.05) is 0 Å². The summed E-state index contributed by atoms with van der Waals surface area (Å²) in [7, 11) is 0. The topological polar surface area (TPSA) is 38.2 Å². The Morgan fingerprint density at radius 2 is 0.881 bits per heavy atom. The van der Waals surface area contributed by atoms with Gasteiger partial charge in [0.1, 0.15) is 23.0 Å². The summed E-state index contributed by atoms with van der Waals surface area (Å²) in [5, 5.41) is 4.55. The number of aryl methyl sites for hydroxylation is 4. The summed E-state index contributed by atoms with van der Waals surface area (Å²) in [6.45, 7) is 8.55. The number of ether oxygens (including phenoxy) is 1. The van der Waals surface area contributed by atoms with Crippen molar-refractivity contribution >= 4 is 49.3 Å². The molecule has 320 valence electrons. The fourth-order valence-electron chi connectivity index (χ4n) is 10.4. The monoisotopic (exact) mass is 861 g/mol. The third-order valence-electron chi connectivity index (χ3n) is 14.2. The van der Waals surface area contributed by atoms with Gasteiger partial charge < -0.3 is 14.1 Å². The van der Waals surface area contributed by atoms with Gasteiger partial charge in [-0.3, -0.25) is 0 Å². The highest BCUT2D eigenvalue weighted by Gasteiger charge is 2.36. The number of rotatable bonds is 6. The van der Waals surface area contributed by atoms with Crippen LogP contribution in [0.1, 0.15) is 39.3 Å². The maximum atomic E-state index is 6.98. The molecule has 0 radical (unpaired) electrons. The van der Waals surface area contributed by atoms with Crippen LogP contribution >= 0.6 is 0 Å². The highest BCUT2D eigenvalue weighted by atomic mass is 16.5. The second-order valence-corrected chi connectivity index (χ2v) is 18.9. The molecule has 0 fully saturated rings. The molecule has 2 aromatic heterocycles. The molecule has 9 aromatic carbocycles. The molecule has 2 aliphatic rings. The van der Waals surface area contributed by atoms with Crippen LogP contribution in [0.5, 0.6) is 5.75 Å². The summed E-state index contributed by atoms with van der Waals surface area (Å²) in [5.74, 6) is 1.06. The number of hydrogen-bond donors (Lipinski definition) is 1. The summed E-state index contributed by atoms with van der Waals surface area (Å²) >= 11 is 0. The van der Waals surface area contributed by atoms with Crippen LogP contribution in [-0.2, 0) is 0 Å². The van der Waals surface area contributed by atoms with Gasteiger partial charge in [-0.15, -0.1) is 0 Å². The Morgan fingerprint density at radius 3 is 1.49 bits per heavy atom. The van der Waals surface area contributed by atoms with Gasteiger partial charge in [-0.2, -0.15) is 0 Å². The van der Waals surface area contributed by atoms with Crippen molar-refractivity contribution in [2.75, 3.05) is 0 Å². The Kier molecular flexibility index (Phi) is 8.92. The van der Waals surface area contributed by atoms with Crippen molar-refractivity contribution in [1.29, 1.82) is 0 Å². The van der Waals surface area contributed by atoms with Crippen LogP contribution in [0.3, 0.4) is 0 Å². The van der Waals surface area contributed by atoms with Crippen molar-refractivity contribution in [2.24, 2.45) is 0 Å². The lowest BCUT2D eigenvalue weighted by molar-refractivity contribution is 0.270. The van der Waals surface area contributed by atoms with Gasteiger partial charge in [0.2, 0.25) is 0 Å². The molecule has 3 heteroatoms. The first kappa shape index (κ1) is 39.2. The third kappa shape index (κ3) is 6.72. The number of aromatic nitrogens is 1. The first-order valence-electron chi connectivity index (χ1n) is 23.4. The van der Waals surface area contributed by atoms with E-state index in [0.717, 1.165) is 71.9 Å². The molecule has 3 nitrogen and oxygen atoms in total. The standard InChI is InChI=1S/C64H47NO2/c1-37-5-13-41(14-6-37)45-23-27-61-55(29-45)57-35-49(43-17-9-39(3)10-18-43)33-51(63(57)66-61)47-21-25-59-53(31-47)54-32-48(22-26-60(54)65-59)52-34-50(44-19-11-40(4)12-20-44)36-58-56-30-46(24-28-62(56)67-64(52)58)42-15-7-38(2)8-16-42/h5-36,55,61,65H,1-4H3. The predicted molar refractivity (Wildman–Crippen MR) is 280 cm³/mol. The highest BCUT2D eigenvalue weighted by Crippen LogP contribution is 2.51. The van der Waals surface area contributed by atoms with E-state index in [2.05, 4.69) is 227 Å². The van der Waals surface area contributed by atoms with E-state index in [1.54, 1.807) is 0 Å². The van der Waals surface area contributed by atoms with Crippen molar-refractivity contribution in [3.05, 3.63) is 228 Å². The summed E-state index contributed by atoms with van der Waals surface area (Å²) in [6, 6.07) is 64.8. The van der Waals surface area contributed by atoms with Gasteiger partial charge in [0, 0.05) is 55.2 Å². The zero-order valence-electron chi connectivity index (χ0n) is 37.9. The highest BCUT2D eigenvalue weighted by molar-refractivity contribution is 6.14. The summed E-state index contributed by atoms with van der Waals surface area (Å²) in [5.41, 5.74) is 24.1. The van der Waals surface area contributed by atoms with E-state index in [4.69, 9.17) is 9.15 Å². The molecule has 0 amide bonds. The maximum absolute atomic E-state index is 6.98. The van der Waals surface area contributed by atoms with E-state index in [-0.39, 0.29) is 12.0 Å². The number of benzene rings is 9. The first-order chi connectivity index (χ1) is 32.8. The third-order valence-corrected chi connectivity index (χ3v) is 14.2. The van der Waals surface area contributed by atoms with Crippen molar-refractivity contribution < 1.29 is 9.15 Å². The summed E-state index contributed by atoms with van der Waals surface area (Å²) < 4.78 is 13.8. The van der Waals surface area contributed by atoms with Crippen molar-refractivity contribution in [3.8, 4) is 61.4 Å². The van der Waals surface area contributed by atoms with Gasteiger partial charge >= 0.3 is 0 Å². The van der Waals surface area contributed by atoms with Crippen molar-refractivity contribution in [2.45, 2.75) is 39.7 Å². The first-order valence-corrected chi connectivity index (χ1v) is 23.4. The molecule has 0 saturated heterocycles. The largest absolute Gasteiger partial charge is 0.484 e. The number of allylic oxidation sites excluding steroid dienone is 2. The Balaban J connectivity index is 0.970. The molecule has 13 rings (SSSR count). The summed E-state index contributed by atoms with van der Waals surface area (Å²) in [6.07, 6.45) is 6.81. The fraction of sp³-hybridized carbons (Fsp3) is 0.0938. The van der Waals surface area contributed by atoms with Crippen LogP contribution in [0.2, 0.25) is 0 Å². The van der Waals surface area contributed by atoms with Gasteiger partial charge in [0.25, 0.3) is 0 Å². The Morgan fingerprint density at radius 1 is 0.403 bits per heavy atom. The number of H-pyrrole nitrogens is 1. The molecule has 2 atom stereocenters. The Bertz CT molecular complexity index is 3840. The van der Waals surface area contributed by atoms with E-state index in [9.17, 15) is 0 Å². The minimum atomic E-state index is -0.0736. The number of fused-ring (bicyclic) bond motifs is 9. The molecule has 1 N–H and O–H groups in total. The molecule has 1 aliphatic carbocycles. The van der Waals surface area contributed by atoms with Gasteiger partial charge in [-0.1, -0.05) is 150 Å². The van der Waals surface area contributed by atoms with Gasteiger partial charge in [-0.05, 0) is 150 Å². The number of furan rings is 1. The smallest absolute Gasteiger partial charge is 0.143 e. The lowest BCUT2D eigenvalue weighted by Gasteiger charge is -2.19. The number of nitrogens with one attached hydrogen (secondary N) is 1. The van der Waals surface area contributed by atoms with Gasteiger partial charge in [0.05, 0.1) is 0 Å². The lowest BCUT2D eigenvalue weighted by atomic mass is 9.84. The molecule has 0 saturated carbocycles. The number of hydrogen-bond acceptors (Lipinski definition) is 2. The van der Waals surface area contributed by atoms with Crippen molar-refractivity contribution in [1.82, 2.24) is 4.98 Å². The molecule has 3 heterocycles. The molecular formula is C64H47NO2. The van der Waals surface area contributed by atoms with E-state index < -0.39 is 0 Å². The van der Waals surface area contributed by atoms with Gasteiger partial charge in [0.15, 0.2) is 0 Å². The molecule has 0 bridgehead atoms. The maximum Gasteiger partial charge on any atom is 0.143 e. The molecule has 0 spiro atoms. The second-order valence-electron chi connectivity index (χ2n) is 18.9. The Hall–Kier alpha value is -8.14. The minimum absolute atomic E-state index is 0.0736. The normalized spacial score (nSPS) is 15.3. The molecular weight excluding hydrogens is 815 g/mol. The van der Waals surface area contributed by atoms with Crippen LogP contribution in [-0.4, -0.2) is 11.1 Å². The molecule has 11 aromatic rings. The van der Waals surface area contributed by atoms with Gasteiger partial charge in [-0.25, -0.2) is 0 Å². The van der Waals surface area contributed by atoms with E-state index in [1.165, 1.54) is 72.2 Å². The van der Waals surface area contributed by atoms with Crippen LogP contribution < -0.4 is 4.74 Å². The average Bonchev–Trinajstić information content (AvgIpc) is 4.04.